The largest absolute Gasteiger partial charge is 0.463 e. The van der Waals surface area contributed by atoms with Crippen LogP contribution in [-0.2, 0) is 35.7 Å². The minimum Gasteiger partial charge on any atom is -0.463 e. The second kappa shape index (κ2) is 17.1. The Bertz CT molecular complexity index is 1360. The number of amides is 3. The minimum atomic E-state index is -1.02. The topological polar surface area (TPSA) is 105 Å². The first-order valence-electron chi connectivity index (χ1n) is 16.4. The van der Waals surface area contributed by atoms with Crippen molar-refractivity contribution in [1.82, 2.24) is 15.1 Å². The summed E-state index contributed by atoms with van der Waals surface area (Å²) in [6.07, 6.45) is 1.95. The van der Waals surface area contributed by atoms with Crippen molar-refractivity contribution in [2.24, 2.45) is 5.92 Å². The molecule has 0 aliphatic carbocycles. The van der Waals surface area contributed by atoms with Gasteiger partial charge in [0.2, 0.25) is 11.8 Å². The van der Waals surface area contributed by atoms with Crippen molar-refractivity contribution < 1.29 is 28.7 Å². The zero-order valence-electron chi connectivity index (χ0n) is 30.1. The number of esters is 1. The molecule has 9 heteroatoms. The monoisotopic (exact) mass is 649 g/mol. The van der Waals surface area contributed by atoms with Crippen molar-refractivity contribution in [3.05, 3.63) is 83.4 Å². The second-order valence-corrected chi connectivity index (χ2v) is 13.9. The Hall–Kier alpha value is -4.14. The predicted molar refractivity (Wildman–Crippen MR) is 186 cm³/mol. The summed E-state index contributed by atoms with van der Waals surface area (Å²) in [5.74, 6) is -1.27. The Balaban J connectivity index is 2.56. The van der Waals surface area contributed by atoms with Crippen LogP contribution in [-0.4, -0.2) is 78.1 Å². The first-order valence-corrected chi connectivity index (χ1v) is 16.4. The van der Waals surface area contributed by atoms with Gasteiger partial charge in [0, 0.05) is 25.1 Å². The Kier molecular flexibility index (Phi) is 14.2. The van der Waals surface area contributed by atoms with Crippen LogP contribution >= 0.6 is 0 Å². The standard InChI is InChI=1S/C38H55N3O6/c1-12-46-35(44)27(4)25-31(26(2)3)40(10)34(43)30(24-23-28-19-15-13-16-20-28)39-33(42)32(41(11)36(45)47-37(5,6)7)38(8,9)29-21-17-14-18-22-29/h13-22,25-26,30-32H,12,23-24H2,1-11H3,(H,39,42)/b27-25+/t30-,31+,32+/m0/s1. The number of aryl methyl sites for hydroxylation is 1. The molecule has 2 rings (SSSR count). The molecule has 0 aliphatic heterocycles. The fraction of sp³-hybridized carbons (Fsp3) is 0.526. The van der Waals surface area contributed by atoms with Crippen molar-refractivity contribution in [3.63, 3.8) is 0 Å². The lowest BCUT2D eigenvalue weighted by molar-refractivity contribution is -0.139. The van der Waals surface area contributed by atoms with Gasteiger partial charge in [-0.15, -0.1) is 0 Å². The lowest BCUT2D eigenvalue weighted by Crippen LogP contribution is -2.61. The van der Waals surface area contributed by atoms with Crippen LogP contribution in [0.3, 0.4) is 0 Å². The van der Waals surface area contributed by atoms with E-state index >= 15 is 0 Å². The molecule has 47 heavy (non-hydrogen) atoms. The van der Waals surface area contributed by atoms with Gasteiger partial charge in [-0.3, -0.25) is 14.5 Å². The molecule has 1 N–H and O–H groups in total. The van der Waals surface area contributed by atoms with E-state index in [1.165, 1.54) is 4.90 Å². The highest BCUT2D eigenvalue weighted by Crippen LogP contribution is 2.31. The average Bonchev–Trinajstić information content (AvgIpc) is 3.01. The number of nitrogens with one attached hydrogen (secondary N) is 1. The summed E-state index contributed by atoms with van der Waals surface area (Å²) in [5.41, 5.74) is 0.627. The van der Waals surface area contributed by atoms with E-state index in [0.29, 0.717) is 18.4 Å². The van der Waals surface area contributed by atoms with Crippen LogP contribution < -0.4 is 5.32 Å². The third-order valence-corrected chi connectivity index (χ3v) is 8.19. The van der Waals surface area contributed by atoms with Gasteiger partial charge in [0.25, 0.3) is 0 Å². The molecule has 0 fully saturated rings. The van der Waals surface area contributed by atoms with E-state index < -0.39 is 47.1 Å². The molecule has 0 aliphatic rings. The van der Waals surface area contributed by atoms with E-state index in [0.717, 1.165) is 11.1 Å². The van der Waals surface area contributed by atoms with E-state index in [-0.39, 0.29) is 18.4 Å². The van der Waals surface area contributed by atoms with Crippen LogP contribution in [0.2, 0.25) is 0 Å². The Morgan fingerprint density at radius 2 is 1.43 bits per heavy atom. The first kappa shape index (κ1) is 39.0. The van der Waals surface area contributed by atoms with Crippen molar-refractivity contribution >= 4 is 23.9 Å². The van der Waals surface area contributed by atoms with Gasteiger partial charge in [-0.2, -0.15) is 0 Å². The molecule has 0 heterocycles. The predicted octanol–water partition coefficient (Wildman–Crippen LogP) is 6.31. The molecule has 0 aromatic heterocycles. The molecule has 3 amide bonds. The van der Waals surface area contributed by atoms with E-state index in [1.807, 2.05) is 88.4 Å². The molecule has 0 bridgehead atoms. The number of rotatable bonds is 14. The minimum absolute atomic E-state index is 0.0399. The maximum Gasteiger partial charge on any atom is 0.410 e. The summed E-state index contributed by atoms with van der Waals surface area (Å²) in [6.45, 7) is 16.7. The SMILES string of the molecule is CCOC(=O)/C(C)=C/[C@H](C(C)C)N(C)C(=O)[C@H](CCc1ccccc1)NC(=O)[C@@H](N(C)C(=O)OC(C)(C)C)C(C)(C)c1ccccc1. The van der Waals surface area contributed by atoms with Crippen LogP contribution in [0.4, 0.5) is 4.79 Å². The number of nitrogens with zero attached hydrogens (tertiary/aromatic N) is 2. The van der Waals surface area contributed by atoms with Gasteiger partial charge in [-0.1, -0.05) is 94.4 Å². The molecule has 3 atom stereocenters. The van der Waals surface area contributed by atoms with Gasteiger partial charge in [-0.25, -0.2) is 9.59 Å². The van der Waals surface area contributed by atoms with Crippen molar-refractivity contribution in [2.45, 2.75) is 104 Å². The smallest absolute Gasteiger partial charge is 0.410 e. The quantitative estimate of drug-likeness (QED) is 0.190. The molecule has 0 saturated carbocycles. The highest BCUT2D eigenvalue weighted by atomic mass is 16.6. The molecule has 2 aromatic carbocycles. The number of ether oxygens (including phenoxy) is 2. The normalized spacial score (nSPS) is 14.1. The molecule has 2 aromatic rings. The summed E-state index contributed by atoms with van der Waals surface area (Å²) in [5, 5.41) is 3.04. The Morgan fingerprint density at radius 3 is 1.94 bits per heavy atom. The number of carbonyl (C=O) groups excluding carboxylic acids is 4. The Morgan fingerprint density at radius 1 is 0.872 bits per heavy atom. The summed E-state index contributed by atoms with van der Waals surface area (Å²) in [7, 11) is 3.23. The number of hydrogen-bond acceptors (Lipinski definition) is 6. The highest BCUT2D eigenvalue weighted by molar-refractivity contribution is 5.93. The van der Waals surface area contributed by atoms with Crippen LogP contribution in [0.1, 0.15) is 79.9 Å². The molecule has 0 unspecified atom stereocenters. The zero-order chi connectivity index (χ0) is 35.5. The highest BCUT2D eigenvalue weighted by Gasteiger charge is 2.44. The number of likely N-dealkylation sites (N-methyl/N-ethyl adjacent to an activating group) is 2. The van der Waals surface area contributed by atoms with Crippen LogP contribution in [0.5, 0.6) is 0 Å². The fourth-order valence-electron chi connectivity index (χ4n) is 5.63. The van der Waals surface area contributed by atoms with Crippen LogP contribution in [0, 0.1) is 5.92 Å². The van der Waals surface area contributed by atoms with E-state index in [4.69, 9.17) is 9.47 Å². The van der Waals surface area contributed by atoms with Crippen LogP contribution in [0.15, 0.2) is 72.3 Å². The maximum absolute atomic E-state index is 14.5. The van der Waals surface area contributed by atoms with E-state index in [1.54, 1.807) is 59.7 Å². The van der Waals surface area contributed by atoms with Gasteiger partial charge in [0.1, 0.15) is 17.7 Å². The summed E-state index contributed by atoms with van der Waals surface area (Å²) >= 11 is 0. The van der Waals surface area contributed by atoms with Gasteiger partial charge in [-0.05, 0) is 64.5 Å². The molecule has 0 saturated heterocycles. The number of benzene rings is 2. The third kappa shape index (κ3) is 11.3. The zero-order valence-corrected chi connectivity index (χ0v) is 30.1. The van der Waals surface area contributed by atoms with E-state index in [2.05, 4.69) is 5.32 Å². The van der Waals surface area contributed by atoms with Gasteiger partial charge in [0.05, 0.1) is 12.6 Å². The number of carbonyl (C=O) groups is 4. The van der Waals surface area contributed by atoms with Gasteiger partial charge >= 0.3 is 12.1 Å². The molecule has 258 valence electrons. The second-order valence-electron chi connectivity index (χ2n) is 13.9. The average molecular weight is 650 g/mol. The van der Waals surface area contributed by atoms with Gasteiger partial charge < -0.3 is 19.7 Å². The van der Waals surface area contributed by atoms with E-state index in [9.17, 15) is 19.2 Å². The summed E-state index contributed by atoms with van der Waals surface area (Å²) < 4.78 is 10.8. The lowest BCUT2D eigenvalue weighted by atomic mass is 9.76. The van der Waals surface area contributed by atoms with Crippen molar-refractivity contribution in [1.29, 1.82) is 0 Å². The van der Waals surface area contributed by atoms with Gasteiger partial charge in [0.15, 0.2) is 0 Å². The Labute approximate surface area is 281 Å². The summed E-state index contributed by atoms with van der Waals surface area (Å²) in [4.78, 5) is 57.5. The third-order valence-electron chi connectivity index (χ3n) is 8.19. The van der Waals surface area contributed by atoms with Crippen LogP contribution in [0.25, 0.3) is 0 Å². The number of hydrogen-bond donors (Lipinski definition) is 1. The fourth-order valence-corrected chi connectivity index (χ4v) is 5.63. The molecule has 9 nitrogen and oxygen atoms in total. The molecular formula is C38H55N3O6. The molecular weight excluding hydrogens is 594 g/mol. The van der Waals surface area contributed by atoms with Crippen molar-refractivity contribution in [2.75, 3.05) is 20.7 Å². The lowest BCUT2D eigenvalue weighted by Gasteiger charge is -2.41. The molecule has 0 spiro atoms. The first-order chi connectivity index (χ1) is 21.9. The molecule has 0 radical (unpaired) electrons. The maximum atomic E-state index is 14.5. The van der Waals surface area contributed by atoms with Crippen molar-refractivity contribution in [3.8, 4) is 0 Å². The summed E-state index contributed by atoms with van der Waals surface area (Å²) in [6, 6.07) is 16.9.